The average Bonchev–Trinajstić information content (AvgIpc) is 2.93. The van der Waals surface area contributed by atoms with Crippen LogP contribution in [-0.2, 0) is 12.8 Å². The fourth-order valence-electron chi connectivity index (χ4n) is 2.65. The zero-order valence-corrected chi connectivity index (χ0v) is 14.7. The number of rotatable bonds is 7. The second-order valence-electron chi connectivity index (χ2n) is 5.26. The molecule has 0 saturated carbocycles. The van der Waals surface area contributed by atoms with E-state index < -0.39 is 0 Å². The number of furan rings is 1. The van der Waals surface area contributed by atoms with Crippen molar-refractivity contribution in [1.82, 2.24) is 5.32 Å². The molecule has 1 atom stereocenters. The number of hydrogen-bond acceptors (Lipinski definition) is 2. The number of aryl methyl sites for hydroxylation is 2. The lowest BCUT2D eigenvalue weighted by Crippen LogP contribution is -2.23. The van der Waals surface area contributed by atoms with Gasteiger partial charge in [-0.15, -0.1) is 0 Å². The van der Waals surface area contributed by atoms with E-state index in [2.05, 4.69) is 60.2 Å². The van der Waals surface area contributed by atoms with Gasteiger partial charge in [0, 0.05) is 0 Å². The molecule has 2 aromatic rings. The highest BCUT2D eigenvalue weighted by molar-refractivity contribution is 9.10. The maximum Gasteiger partial charge on any atom is 0.169 e. The Morgan fingerprint density at radius 3 is 2.38 bits per heavy atom. The van der Waals surface area contributed by atoms with E-state index in [9.17, 15) is 0 Å². The fourth-order valence-corrected chi connectivity index (χ4v) is 2.97. The summed E-state index contributed by atoms with van der Waals surface area (Å²) in [5.41, 5.74) is 4.15. The molecular formula is C18H24BrNO. The summed E-state index contributed by atoms with van der Waals surface area (Å²) in [6.45, 7) is 7.58. The van der Waals surface area contributed by atoms with Crippen molar-refractivity contribution >= 4 is 15.9 Å². The largest absolute Gasteiger partial charge is 0.452 e. The minimum absolute atomic E-state index is 0.118. The van der Waals surface area contributed by atoms with E-state index in [1.54, 1.807) is 0 Å². The maximum absolute atomic E-state index is 5.78. The van der Waals surface area contributed by atoms with Gasteiger partial charge in [-0.1, -0.05) is 39.0 Å². The number of hydrogen-bond donors (Lipinski definition) is 1. The Morgan fingerprint density at radius 1 is 1.05 bits per heavy atom. The van der Waals surface area contributed by atoms with Crippen LogP contribution in [0.1, 0.15) is 55.7 Å². The van der Waals surface area contributed by atoms with Crippen LogP contribution < -0.4 is 5.32 Å². The fraction of sp³-hybridized carbons (Fsp3) is 0.444. The smallest absolute Gasteiger partial charge is 0.169 e. The Balaban J connectivity index is 2.36. The van der Waals surface area contributed by atoms with Gasteiger partial charge < -0.3 is 9.73 Å². The van der Waals surface area contributed by atoms with Crippen molar-refractivity contribution in [1.29, 1.82) is 0 Å². The first kappa shape index (κ1) is 16.3. The highest BCUT2D eigenvalue weighted by atomic mass is 79.9. The minimum atomic E-state index is 0.118. The molecule has 1 N–H and O–H groups in total. The minimum Gasteiger partial charge on any atom is -0.452 e. The third kappa shape index (κ3) is 3.98. The van der Waals surface area contributed by atoms with E-state index in [1.165, 1.54) is 16.7 Å². The Hall–Kier alpha value is -1.06. The van der Waals surface area contributed by atoms with Crippen molar-refractivity contribution in [3.63, 3.8) is 0 Å². The van der Waals surface area contributed by atoms with Gasteiger partial charge in [0.25, 0.3) is 0 Å². The van der Waals surface area contributed by atoms with Crippen LogP contribution in [0.25, 0.3) is 0 Å². The van der Waals surface area contributed by atoms with Gasteiger partial charge >= 0.3 is 0 Å². The first-order valence-electron chi connectivity index (χ1n) is 7.79. The molecule has 0 fully saturated rings. The van der Waals surface area contributed by atoms with Gasteiger partial charge in [0.2, 0.25) is 0 Å². The van der Waals surface area contributed by atoms with Crippen molar-refractivity contribution < 1.29 is 4.42 Å². The number of nitrogens with one attached hydrogen (secondary N) is 1. The lowest BCUT2D eigenvalue weighted by Gasteiger charge is -2.19. The SMILES string of the molecule is CCCNC(c1ccc(CC)c(CC)c1)c1ccc(Br)o1. The molecule has 3 heteroatoms. The van der Waals surface area contributed by atoms with Gasteiger partial charge in [-0.05, 0) is 70.6 Å². The van der Waals surface area contributed by atoms with Gasteiger partial charge in [-0.25, -0.2) is 0 Å². The highest BCUT2D eigenvalue weighted by Gasteiger charge is 2.18. The van der Waals surface area contributed by atoms with Crippen molar-refractivity contribution in [2.24, 2.45) is 0 Å². The second kappa shape index (κ2) is 7.81. The van der Waals surface area contributed by atoms with Crippen LogP contribution >= 0.6 is 15.9 Å². The highest BCUT2D eigenvalue weighted by Crippen LogP contribution is 2.28. The van der Waals surface area contributed by atoms with E-state index in [1.807, 2.05) is 12.1 Å². The molecule has 1 aromatic carbocycles. The molecule has 21 heavy (non-hydrogen) atoms. The third-order valence-corrected chi connectivity index (χ3v) is 4.23. The zero-order chi connectivity index (χ0) is 15.2. The molecule has 0 radical (unpaired) electrons. The van der Waals surface area contributed by atoms with Gasteiger partial charge in [0.1, 0.15) is 5.76 Å². The third-order valence-electron chi connectivity index (χ3n) is 3.80. The lowest BCUT2D eigenvalue weighted by atomic mass is 9.95. The van der Waals surface area contributed by atoms with Crippen LogP contribution in [0.2, 0.25) is 0 Å². The number of benzene rings is 1. The van der Waals surface area contributed by atoms with E-state index in [0.29, 0.717) is 0 Å². The molecule has 0 saturated heterocycles. The summed E-state index contributed by atoms with van der Waals surface area (Å²) in [4.78, 5) is 0. The van der Waals surface area contributed by atoms with E-state index in [4.69, 9.17) is 4.42 Å². The Kier molecular flexibility index (Phi) is 6.07. The summed E-state index contributed by atoms with van der Waals surface area (Å²) in [6.07, 6.45) is 3.26. The zero-order valence-electron chi connectivity index (χ0n) is 13.1. The summed E-state index contributed by atoms with van der Waals surface area (Å²) < 4.78 is 6.56. The first-order valence-corrected chi connectivity index (χ1v) is 8.59. The topological polar surface area (TPSA) is 25.2 Å². The summed E-state index contributed by atoms with van der Waals surface area (Å²) in [7, 11) is 0. The normalized spacial score (nSPS) is 12.6. The van der Waals surface area contributed by atoms with Crippen LogP contribution in [0.5, 0.6) is 0 Å². The summed E-state index contributed by atoms with van der Waals surface area (Å²) >= 11 is 3.40. The van der Waals surface area contributed by atoms with Crippen molar-refractivity contribution in [2.75, 3.05) is 6.54 Å². The predicted octanol–water partition coefficient (Wildman–Crippen LogP) is 5.26. The van der Waals surface area contributed by atoms with Gasteiger partial charge in [-0.3, -0.25) is 0 Å². The monoisotopic (exact) mass is 349 g/mol. The van der Waals surface area contributed by atoms with Crippen molar-refractivity contribution in [2.45, 2.75) is 46.1 Å². The molecule has 2 nitrogen and oxygen atoms in total. The van der Waals surface area contributed by atoms with Crippen molar-refractivity contribution in [3.8, 4) is 0 Å². The van der Waals surface area contributed by atoms with Gasteiger partial charge in [0.05, 0.1) is 6.04 Å². The Morgan fingerprint density at radius 2 is 1.81 bits per heavy atom. The molecule has 1 aromatic heterocycles. The molecule has 0 bridgehead atoms. The average molecular weight is 350 g/mol. The molecule has 114 valence electrons. The van der Waals surface area contributed by atoms with E-state index in [0.717, 1.165) is 36.2 Å². The van der Waals surface area contributed by atoms with Gasteiger partial charge in [-0.2, -0.15) is 0 Å². The van der Waals surface area contributed by atoms with Crippen LogP contribution in [0.3, 0.4) is 0 Å². The predicted molar refractivity (Wildman–Crippen MR) is 91.7 cm³/mol. The Labute approximate surface area is 136 Å². The van der Waals surface area contributed by atoms with E-state index in [-0.39, 0.29) is 6.04 Å². The first-order chi connectivity index (χ1) is 10.2. The Bertz CT molecular complexity index is 576. The van der Waals surface area contributed by atoms with E-state index >= 15 is 0 Å². The summed E-state index contributed by atoms with van der Waals surface area (Å²) in [5.74, 6) is 0.960. The van der Waals surface area contributed by atoms with Crippen molar-refractivity contribution in [3.05, 3.63) is 57.5 Å². The molecule has 0 aliphatic heterocycles. The molecule has 0 amide bonds. The molecule has 1 unspecified atom stereocenters. The van der Waals surface area contributed by atoms with Crippen LogP contribution in [-0.4, -0.2) is 6.54 Å². The summed E-state index contributed by atoms with van der Waals surface area (Å²) in [5, 5.41) is 3.59. The van der Waals surface area contributed by atoms with Crippen LogP contribution in [0.15, 0.2) is 39.4 Å². The van der Waals surface area contributed by atoms with Gasteiger partial charge in [0.15, 0.2) is 4.67 Å². The quantitative estimate of drug-likeness (QED) is 0.737. The second-order valence-corrected chi connectivity index (χ2v) is 6.05. The molecule has 0 aliphatic rings. The van der Waals surface area contributed by atoms with Crippen LogP contribution in [0.4, 0.5) is 0 Å². The molecule has 0 spiro atoms. The molecular weight excluding hydrogens is 326 g/mol. The lowest BCUT2D eigenvalue weighted by molar-refractivity contribution is 0.433. The van der Waals surface area contributed by atoms with Crippen LogP contribution in [0, 0.1) is 0 Å². The molecule has 1 heterocycles. The molecule has 0 aliphatic carbocycles. The summed E-state index contributed by atoms with van der Waals surface area (Å²) in [6, 6.07) is 10.9. The number of halogens is 1. The maximum atomic E-state index is 5.78. The molecule has 2 rings (SSSR count). The standard InChI is InChI=1S/C18H24BrNO/c1-4-11-20-18(16-9-10-17(19)21-16)15-8-7-13(5-2)14(6-3)12-15/h7-10,12,18,20H,4-6,11H2,1-3H3.